The van der Waals surface area contributed by atoms with Crippen molar-refractivity contribution in [1.29, 1.82) is 0 Å². The number of halogens is 2. The van der Waals surface area contributed by atoms with Gasteiger partial charge in [0, 0.05) is 45.0 Å². The van der Waals surface area contributed by atoms with Crippen molar-refractivity contribution in [2.24, 2.45) is 0 Å². The lowest BCUT2D eigenvalue weighted by atomic mass is 10.1. The predicted octanol–water partition coefficient (Wildman–Crippen LogP) is 5.61. The fourth-order valence-electron chi connectivity index (χ4n) is 4.04. The van der Waals surface area contributed by atoms with Crippen molar-refractivity contribution in [3.63, 3.8) is 0 Å². The van der Waals surface area contributed by atoms with Gasteiger partial charge in [-0.1, -0.05) is 41.4 Å². The number of rotatable bonds is 6. The number of esters is 1. The first-order chi connectivity index (χ1) is 16.4. The molecule has 9 heteroatoms. The second kappa shape index (κ2) is 8.93. The Morgan fingerprint density at radius 3 is 2.47 bits per heavy atom. The van der Waals surface area contributed by atoms with Crippen molar-refractivity contribution in [1.82, 2.24) is 14.1 Å². The third kappa shape index (κ3) is 4.04. The zero-order chi connectivity index (χ0) is 23.8. The molecule has 7 nitrogen and oxygen atoms in total. The smallest absolute Gasteiger partial charge is 0.357 e. The minimum absolute atomic E-state index is 0.0383. The first kappa shape index (κ1) is 22.1. The van der Waals surface area contributed by atoms with Crippen LogP contribution in [-0.4, -0.2) is 36.9 Å². The lowest BCUT2D eigenvalue weighted by molar-refractivity contribution is 0.0479. The van der Waals surface area contributed by atoms with Crippen molar-refractivity contribution >= 4 is 51.0 Å². The number of ether oxygens (including phenoxy) is 1. The van der Waals surface area contributed by atoms with E-state index in [1.165, 1.54) is 16.7 Å². The lowest BCUT2D eigenvalue weighted by Gasteiger charge is -2.10. The van der Waals surface area contributed by atoms with E-state index in [9.17, 15) is 15.0 Å². The summed E-state index contributed by atoms with van der Waals surface area (Å²) in [5.74, 6) is -0.816. The van der Waals surface area contributed by atoms with Gasteiger partial charge in [-0.3, -0.25) is 4.57 Å². The molecule has 3 aromatic heterocycles. The standard InChI is InChI=1S/C25H19Cl2N3O4/c26-16-5-6-19(27)15(11-16)14-30-21-4-2-1-3-17(21)18-12-20(28-13-22(18)30)25(33)34-10-9-29-23(31)7-8-24(29)32/h1-8,11-13,31-32H,9-10,14H2. The molecule has 34 heavy (non-hydrogen) atoms. The molecule has 0 saturated carbocycles. The number of hydrogen-bond acceptors (Lipinski definition) is 5. The van der Waals surface area contributed by atoms with Gasteiger partial charge in [-0.25, -0.2) is 9.78 Å². The third-order valence-corrected chi connectivity index (χ3v) is 6.29. The number of aromatic hydroxyl groups is 2. The van der Waals surface area contributed by atoms with Crippen LogP contribution in [0, 0.1) is 0 Å². The quantitative estimate of drug-likeness (QED) is 0.298. The van der Waals surface area contributed by atoms with E-state index in [0.29, 0.717) is 16.6 Å². The molecule has 0 atom stereocenters. The minimum Gasteiger partial charge on any atom is -0.494 e. The van der Waals surface area contributed by atoms with Gasteiger partial charge in [-0.15, -0.1) is 0 Å². The van der Waals surface area contributed by atoms with E-state index >= 15 is 0 Å². The molecule has 0 aliphatic heterocycles. The summed E-state index contributed by atoms with van der Waals surface area (Å²) in [7, 11) is 0. The molecule has 5 aromatic rings. The number of aromatic nitrogens is 3. The topological polar surface area (TPSA) is 89.5 Å². The van der Waals surface area contributed by atoms with Crippen molar-refractivity contribution < 1.29 is 19.7 Å². The third-order valence-electron chi connectivity index (χ3n) is 5.69. The van der Waals surface area contributed by atoms with Gasteiger partial charge < -0.3 is 19.5 Å². The number of nitrogens with zero attached hydrogens (tertiary/aromatic N) is 3. The molecule has 0 radical (unpaired) electrons. The fourth-order valence-corrected chi connectivity index (χ4v) is 4.41. The molecule has 172 valence electrons. The zero-order valence-corrected chi connectivity index (χ0v) is 19.3. The molecule has 0 fully saturated rings. The zero-order valence-electron chi connectivity index (χ0n) is 17.8. The molecular weight excluding hydrogens is 477 g/mol. The molecule has 0 spiro atoms. The Bertz CT molecular complexity index is 1520. The van der Waals surface area contributed by atoms with Crippen molar-refractivity contribution in [3.05, 3.63) is 88.2 Å². The second-order valence-corrected chi connectivity index (χ2v) is 8.61. The van der Waals surface area contributed by atoms with Gasteiger partial charge in [0.1, 0.15) is 12.3 Å². The van der Waals surface area contributed by atoms with E-state index in [2.05, 4.69) is 9.55 Å². The van der Waals surface area contributed by atoms with E-state index in [1.54, 1.807) is 24.4 Å². The number of fused-ring (bicyclic) bond motifs is 3. The first-order valence-electron chi connectivity index (χ1n) is 10.5. The monoisotopic (exact) mass is 495 g/mol. The van der Waals surface area contributed by atoms with Crippen molar-refractivity contribution in [2.75, 3.05) is 6.61 Å². The lowest BCUT2D eigenvalue weighted by Crippen LogP contribution is -2.12. The Morgan fingerprint density at radius 2 is 1.68 bits per heavy atom. The van der Waals surface area contributed by atoms with Crippen LogP contribution in [0.2, 0.25) is 10.0 Å². The Morgan fingerprint density at radius 1 is 0.912 bits per heavy atom. The number of para-hydroxylation sites is 1. The maximum absolute atomic E-state index is 12.6. The van der Waals surface area contributed by atoms with Gasteiger partial charge in [0.2, 0.25) is 0 Å². The van der Waals surface area contributed by atoms with Crippen LogP contribution in [0.5, 0.6) is 11.8 Å². The van der Waals surface area contributed by atoms with Crippen molar-refractivity contribution in [2.45, 2.75) is 13.1 Å². The molecule has 2 N–H and O–H groups in total. The fraction of sp³-hybridized carbons (Fsp3) is 0.120. The van der Waals surface area contributed by atoms with Crippen LogP contribution in [0.3, 0.4) is 0 Å². The molecule has 5 rings (SSSR count). The van der Waals surface area contributed by atoms with Gasteiger partial charge in [0.25, 0.3) is 0 Å². The van der Waals surface area contributed by atoms with Crippen LogP contribution >= 0.6 is 23.2 Å². The normalized spacial score (nSPS) is 11.4. The van der Waals surface area contributed by atoms with Crippen LogP contribution in [0.4, 0.5) is 0 Å². The number of pyridine rings is 1. The summed E-state index contributed by atoms with van der Waals surface area (Å²) < 4.78 is 8.64. The molecule has 0 saturated heterocycles. The van der Waals surface area contributed by atoms with Crippen LogP contribution in [0.15, 0.2) is 66.9 Å². The Balaban J connectivity index is 1.45. The SMILES string of the molecule is O=C(OCCn1c(O)ccc1O)c1cc2c3ccccc3n(Cc3cc(Cl)ccc3Cl)c2cn1. The molecule has 0 amide bonds. The van der Waals surface area contributed by atoms with Gasteiger partial charge in [0.05, 0.1) is 18.3 Å². The summed E-state index contributed by atoms with van der Waals surface area (Å²) in [4.78, 5) is 17.0. The van der Waals surface area contributed by atoms with E-state index in [1.807, 2.05) is 30.3 Å². The van der Waals surface area contributed by atoms with E-state index in [-0.39, 0.29) is 30.6 Å². The van der Waals surface area contributed by atoms with Crippen LogP contribution < -0.4 is 0 Å². The first-order valence-corrected chi connectivity index (χ1v) is 11.2. The van der Waals surface area contributed by atoms with Gasteiger partial charge in [0.15, 0.2) is 11.8 Å². The summed E-state index contributed by atoms with van der Waals surface area (Å²) in [6.45, 7) is 0.556. The van der Waals surface area contributed by atoms with E-state index < -0.39 is 5.97 Å². The summed E-state index contributed by atoms with van der Waals surface area (Å²) in [5.41, 5.74) is 2.85. The Hall–Kier alpha value is -3.68. The Kier molecular flexibility index (Phi) is 5.81. The van der Waals surface area contributed by atoms with Crippen LogP contribution in [-0.2, 0) is 17.8 Å². The maximum atomic E-state index is 12.6. The van der Waals surface area contributed by atoms with Crippen LogP contribution in [0.1, 0.15) is 16.1 Å². The Labute approximate surface area is 204 Å². The molecule has 3 heterocycles. The highest BCUT2D eigenvalue weighted by Gasteiger charge is 2.17. The van der Waals surface area contributed by atoms with Gasteiger partial charge >= 0.3 is 5.97 Å². The van der Waals surface area contributed by atoms with Crippen LogP contribution in [0.25, 0.3) is 21.8 Å². The molecule has 0 bridgehead atoms. The average molecular weight is 496 g/mol. The van der Waals surface area contributed by atoms with E-state index in [0.717, 1.165) is 27.4 Å². The minimum atomic E-state index is -0.595. The average Bonchev–Trinajstić information content (AvgIpc) is 3.32. The molecular formula is C25H19Cl2N3O4. The van der Waals surface area contributed by atoms with Gasteiger partial charge in [-0.05, 0) is 35.9 Å². The molecule has 0 unspecified atom stereocenters. The number of carbonyl (C=O) groups excluding carboxylic acids is 1. The number of carbonyl (C=O) groups is 1. The number of hydrogen-bond donors (Lipinski definition) is 2. The molecule has 0 aliphatic carbocycles. The van der Waals surface area contributed by atoms with Gasteiger partial charge in [-0.2, -0.15) is 0 Å². The summed E-state index contributed by atoms with van der Waals surface area (Å²) >= 11 is 12.6. The maximum Gasteiger partial charge on any atom is 0.357 e. The second-order valence-electron chi connectivity index (χ2n) is 7.76. The van der Waals surface area contributed by atoms with E-state index in [4.69, 9.17) is 27.9 Å². The summed E-state index contributed by atoms with van der Waals surface area (Å²) in [6.07, 6.45) is 1.65. The molecule has 0 aliphatic rings. The largest absolute Gasteiger partial charge is 0.494 e. The predicted molar refractivity (Wildman–Crippen MR) is 131 cm³/mol. The highest BCUT2D eigenvalue weighted by Crippen LogP contribution is 2.31. The number of benzene rings is 2. The summed E-state index contributed by atoms with van der Waals surface area (Å²) in [6, 6.07) is 17.7. The highest BCUT2D eigenvalue weighted by atomic mass is 35.5. The van der Waals surface area contributed by atoms with Crippen molar-refractivity contribution in [3.8, 4) is 11.8 Å². The summed E-state index contributed by atoms with van der Waals surface area (Å²) in [5, 5.41) is 22.5. The molecule has 2 aromatic carbocycles. The highest BCUT2D eigenvalue weighted by molar-refractivity contribution is 6.33.